The van der Waals surface area contributed by atoms with Gasteiger partial charge in [-0.3, -0.25) is 19.2 Å². The Morgan fingerprint density at radius 1 is 1.30 bits per heavy atom. The van der Waals surface area contributed by atoms with Gasteiger partial charge in [-0.15, -0.1) is 0 Å². The summed E-state index contributed by atoms with van der Waals surface area (Å²) in [5.41, 5.74) is 0.0309. The molecule has 1 aromatic carbocycles. The maximum Gasteiger partial charge on any atom is 0.265 e. The van der Waals surface area contributed by atoms with Gasteiger partial charge in [0, 0.05) is 36.6 Å². The van der Waals surface area contributed by atoms with Gasteiger partial charge in [0.05, 0.1) is 24.0 Å². The van der Waals surface area contributed by atoms with E-state index in [-0.39, 0.29) is 27.4 Å². The van der Waals surface area contributed by atoms with Crippen molar-refractivity contribution in [3.05, 3.63) is 77.4 Å². The minimum Gasteiger partial charge on any atom is -0.345 e. The summed E-state index contributed by atoms with van der Waals surface area (Å²) in [4.78, 5) is 23.0. The van der Waals surface area contributed by atoms with Crippen molar-refractivity contribution >= 4 is 38.2 Å². The molecule has 4 aromatic rings. The third-order valence-electron chi connectivity index (χ3n) is 4.37. The number of nitrogens with zero attached hydrogens (tertiary/aromatic N) is 4. The highest BCUT2D eigenvalue weighted by molar-refractivity contribution is 7.92. The number of fused-ring (bicyclic) bond motifs is 1. The number of ketones is 1. The van der Waals surface area contributed by atoms with E-state index in [0.29, 0.717) is 11.0 Å². The van der Waals surface area contributed by atoms with Crippen molar-refractivity contribution in [2.24, 2.45) is 7.05 Å². The number of nitrogens with one attached hydrogen (secondary N) is 2. The average Bonchev–Trinajstić information content (AvgIpc) is 3.35. The van der Waals surface area contributed by atoms with E-state index in [1.54, 1.807) is 7.05 Å². The van der Waals surface area contributed by atoms with Gasteiger partial charge in [0.2, 0.25) is 5.69 Å². The molecular weight excluding hydrogens is 411 g/mol. The molecule has 0 unspecified atom stereocenters. The van der Waals surface area contributed by atoms with Crippen molar-refractivity contribution < 1.29 is 17.6 Å². The average molecular weight is 424 g/mol. The van der Waals surface area contributed by atoms with Crippen molar-refractivity contribution in [2.75, 3.05) is 4.72 Å². The van der Waals surface area contributed by atoms with Gasteiger partial charge in [0.15, 0.2) is 11.6 Å². The Morgan fingerprint density at radius 3 is 2.80 bits per heavy atom. The second kappa shape index (κ2) is 7.09. The molecule has 0 aliphatic heterocycles. The molecule has 30 heavy (non-hydrogen) atoms. The molecule has 0 saturated carbocycles. The number of aromatic amines is 1. The number of hydrogen-bond acceptors (Lipinski definition) is 5. The van der Waals surface area contributed by atoms with Crippen molar-refractivity contribution in [1.29, 1.82) is 0 Å². The van der Waals surface area contributed by atoms with E-state index in [4.69, 9.17) is 6.57 Å². The maximum atomic E-state index is 15.1. The van der Waals surface area contributed by atoms with Crippen LogP contribution in [-0.2, 0) is 17.1 Å². The van der Waals surface area contributed by atoms with E-state index >= 15 is 4.39 Å². The van der Waals surface area contributed by atoms with E-state index in [9.17, 15) is 13.2 Å². The predicted molar refractivity (Wildman–Crippen MR) is 106 cm³/mol. The number of aromatic nitrogens is 4. The van der Waals surface area contributed by atoms with Crippen molar-refractivity contribution in [2.45, 2.75) is 4.90 Å². The number of aryl methyl sites for hydroxylation is 1. The van der Waals surface area contributed by atoms with E-state index in [1.807, 2.05) is 0 Å². The summed E-state index contributed by atoms with van der Waals surface area (Å²) in [6, 6.07) is 5.32. The molecule has 9 nitrogen and oxygen atoms in total. The number of rotatable bonds is 5. The fourth-order valence-corrected chi connectivity index (χ4v) is 3.96. The quantitative estimate of drug-likeness (QED) is 0.378. The first-order chi connectivity index (χ1) is 14.3. The molecule has 0 bridgehead atoms. The molecule has 0 aliphatic rings. The lowest BCUT2D eigenvalue weighted by molar-refractivity contribution is 0.103. The smallest absolute Gasteiger partial charge is 0.265 e. The molecule has 3 heterocycles. The molecule has 0 fully saturated rings. The minimum absolute atomic E-state index is 0.120. The van der Waals surface area contributed by atoms with Crippen LogP contribution in [0, 0.1) is 12.4 Å². The zero-order valence-corrected chi connectivity index (χ0v) is 16.2. The predicted octanol–water partition coefficient (Wildman–Crippen LogP) is 3.02. The van der Waals surface area contributed by atoms with Crippen LogP contribution in [-0.4, -0.2) is 33.9 Å². The summed E-state index contributed by atoms with van der Waals surface area (Å²) in [6.07, 6.45) is 5.13. The van der Waals surface area contributed by atoms with Gasteiger partial charge in [-0.25, -0.2) is 17.7 Å². The number of anilines is 1. The lowest BCUT2D eigenvalue weighted by Gasteiger charge is -2.10. The number of sulfonamides is 1. The monoisotopic (exact) mass is 424 g/mol. The van der Waals surface area contributed by atoms with Crippen LogP contribution in [0.3, 0.4) is 0 Å². The summed E-state index contributed by atoms with van der Waals surface area (Å²) >= 11 is 0. The minimum atomic E-state index is -4.09. The van der Waals surface area contributed by atoms with Gasteiger partial charge in [0.25, 0.3) is 10.0 Å². The first-order valence-corrected chi connectivity index (χ1v) is 9.98. The van der Waals surface area contributed by atoms with Crippen molar-refractivity contribution in [3.63, 3.8) is 0 Å². The Bertz CT molecular complexity index is 1450. The molecule has 0 amide bonds. The summed E-state index contributed by atoms with van der Waals surface area (Å²) in [7, 11) is -2.54. The third-order valence-corrected chi connectivity index (χ3v) is 5.69. The van der Waals surface area contributed by atoms with Crippen LogP contribution in [0.15, 0.2) is 53.9 Å². The van der Waals surface area contributed by atoms with E-state index in [0.717, 1.165) is 6.20 Å². The van der Waals surface area contributed by atoms with Crippen molar-refractivity contribution in [3.8, 4) is 0 Å². The lowest BCUT2D eigenvalue weighted by Crippen LogP contribution is -2.15. The molecule has 0 aliphatic carbocycles. The third kappa shape index (κ3) is 3.29. The van der Waals surface area contributed by atoms with Gasteiger partial charge in [0.1, 0.15) is 10.5 Å². The Morgan fingerprint density at radius 2 is 2.10 bits per heavy atom. The SMILES string of the molecule is [C-]#[N+]c1cnc2[nH]cc(C(=O)c3cccc(NS(=O)(=O)c4cnn(C)c4)c3F)c2c1. The fraction of sp³-hybridized carbons (Fsp3) is 0.0526. The largest absolute Gasteiger partial charge is 0.345 e. The number of carbonyl (C=O) groups is 1. The fourth-order valence-electron chi connectivity index (χ4n) is 2.91. The zero-order valence-electron chi connectivity index (χ0n) is 15.4. The summed E-state index contributed by atoms with van der Waals surface area (Å²) in [6.45, 7) is 7.09. The molecule has 0 atom stereocenters. The Hall–Kier alpha value is -4.04. The van der Waals surface area contributed by atoms with Crippen molar-refractivity contribution in [1.82, 2.24) is 19.7 Å². The van der Waals surface area contributed by atoms with E-state index in [1.165, 1.54) is 47.5 Å². The van der Waals surface area contributed by atoms with Gasteiger partial charge in [-0.05, 0) is 18.2 Å². The number of H-pyrrole nitrogens is 1. The number of hydrogen-bond donors (Lipinski definition) is 2. The van der Waals surface area contributed by atoms with Crippen LogP contribution < -0.4 is 4.72 Å². The summed E-state index contributed by atoms with van der Waals surface area (Å²) in [5, 5.41) is 4.16. The first kappa shape index (κ1) is 19.3. The highest BCUT2D eigenvalue weighted by Crippen LogP contribution is 2.27. The zero-order chi connectivity index (χ0) is 21.5. The summed E-state index contributed by atoms with van der Waals surface area (Å²) < 4.78 is 43.4. The topological polar surface area (TPSA) is 114 Å². The highest BCUT2D eigenvalue weighted by atomic mass is 32.2. The van der Waals surface area contributed by atoms with E-state index < -0.39 is 21.6 Å². The number of pyridine rings is 1. The molecule has 0 radical (unpaired) electrons. The number of halogens is 1. The molecule has 0 saturated heterocycles. The second-order valence-electron chi connectivity index (χ2n) is 6.36. The Kier molecular flexibility index (Phi) is 4.56. The first-order valence-electron chi connectivity index (χ1n) is 8.49. The molecule has 3 aromatic heterocycles. The lowest BCUT2D eigenvalue weighted by atomic mass is 10.0. The molecular formula is C19H13FN6O3S. The molecule has 4 rings (SSSR count). The number of carbonyl (C=O) groups excluding carboxylic acids is 1. The molecule has 11 heteroatoms. The van der Waals surface area contributed by atoms with Crippen LogP contribution in [0.1, 0.15) is 15.9 Å². The number of benzene rings is 1. The van der Waals surface area contributed by atoms with Crippen LogP contribution in [0.2, 0.25) is 0 Å². The summed E-state index contributed by atoms with van der Waals surface area (Å²) in [5.74, 6) is -1.69. The second-order valence-corrected chi connectivity index (χ2v) is 8.04. The molecule has 0 spiro atoms. The van der Waals surface area contributed by atoms with Crippen LogP contribution in [0.25, 0.3) is 15.9 Å². The molecule has 2 N–H and O–H groups in total. The van der Waals surface area contributed by atoms with Gasteiger partial charge < -0.3 is 4.98 Å². The highest BCUT2D eigenvalue weighted by Gasteiger charge is 2.23. The van der Waals surface area contributed by atoms with Gasteiger partial charge in [-0.1, -0.05) is 6.07 Å². The van der Waals surface area contributed by atoms with E-state index in [2.05, 4.69) is 24.6 Å². The van der Waals surface area contributed by atoms with Crippen LogP contribution >= 0.6 is 0 Å². The van der Waals surface area contributed by atoms with Crippen LogP contribution in [0.5, 0.6) is 0 Å². The van der Waals surface area contributed by atoms with Gasteiger partial charge in [-0.2, -0.15) is 5.10 Å². The maximum absolute atomic E-state index is 15.1. The Labute approximate surface area is 170 Å². The Balaban J connectivity index is 1.73. The normalized spacial score (nSPS) is 11.4. The standard InChI is InChI=1S/C19H13FN6O3S/c1-21-11-6-14-15(9-23-19(14)22-7-11)18(27)13-4-3-5-16(17(13)20)25-30(28,29)12-8-24-26(2)10-12/h3-10,25H,2H3,(H,22,23). The van der Waals surface area contributed by atoms with Gasteiger partial charge >= 0.3 is 0 Å². The molecule has 150 valence electrons. The van der Waals surface area contributed by atoms with Crippen LogP contribution in [0.4, 0.5) is 15.8 Å².